The summed E-state index contributed by atoms with van der Waals surface area (Å²) in [7, 11) is 1.91. The number of pyridine rings is 1. The first-order valence-corrected chi connectivity index (χ1v) is 10.5. The van der Waals surface area contributed by atoms with Crippen LogP contribution in [0.2, 0.25) is 0 Å². The first-order chi connectivity index (χ1) is 14.8. The van der Waals surface area contributed by atoms with Crippen LogP contribution in [-0.2, 0) is 7.05 Å². The van der Waals surface area contributed by atoms with Gasteiger partial charge in [-0.25, -0.2) is 4.98 Å². The monoisotopic (exact) mass is 397 g/mol. The number of benzene rings is 1. The van der Waals surface area contributed by atoms with E-state index in [1.165, 1.54) is 30.3 Å². The minimum absolute atomic E-state index is 0.844. The lowest BCUT2D eigenvalue weighted by Crippen LogP contribution is -2.29. The highest BCUT2D eigenvalue weighted by atomic mass is 15.2. The standard InChI is InChI=1S/C23H23N7/c1-29-14-15(13-24-29)17-8-9-19-22(26-17)23(28-27-19)20-12-16-18(25-20)6-5-7-21(16)30-10-3-2-4-11-30/h5-9,12-14,25H,2-4,10-11H2,1H3,(H,27,28). The number of nitrogens with one attached hydrogen (secondary N) is 2. The number of hydrogen-bond acceptors (Lipinski definition) is 4. The van der Waals surface area contributed by atoms with Crippen LogP contribution >= 0.6 is 0 Å². The molecule has 1 aliphatic heterocycles. The van der Waals surface area contributed by atoms with Crippen molar-refractivity contribution < 1.29 is 0 Å². The molecule has 1 aliphatic rings. The van der Waals surface area contributed by atoms with E-state index in [2.05, 4.69) is 49.4 Å². The molecular formula is C23H23N7. The fourth-order valence-electron chi connectivity index (χ4n) is 4.48. The van der Waals surface area contributed by atoms with E-state index >= 15 is 0 Å². The Balaban J connectivity index is 1.47. The summed E-state index contributed by atoms with van der Waals surface area (Å²) in [6, 6.07) is 12.7. The number of fused-ring (bicyclic) bond motifs is 2. The Morgan fingerprint density at radius 1 is 1.00 bits per heavy atom. The Hall–Kier alpha value is -3.61. The lowest BCUT2D eigenvalue weighted by atomic mass is 10.1. The third-order valence-electron chi connectivity index (χ3n) is 6.00. The minimum atomic E-state index is 0.844. The molecule has 5 heterocycles. The average Bonchev–Trinajstić information content (AvgIpc) is 3.50. The number of piperidine rings is 1. The number of nitrogens with zero attached hydrogens (tertiary/aromatic N) is 5. The molecule has 0 amide bonds. The molecule has 7 nitrogen and oxygen atoms in total. The van der Waals surface area contributed by atoms with E-state index in [-0.39, 0.29) is 0 Å². The maximum Gasteiger partial charge on any atom is 0.135 e. The van der Waals surface area contributed by atoms with Gasteiger partial charge >= 0.3 is 0 Å². The summed E-state index contributed by atoms with van der Waals surface area (Å²) in [4.78, 5) is 11.0. The van der Waals surface area contributed by atoms with Gasteiger partial charge in [0.15, 0.2) is 0 Å². The molecule has 4 aromatic heterocycles. The third-order valence-corrected chi connectivity index (χ3v) is 6.00. The summed E-state index contributed by atoms with van der Waals surface area (Å²) in [5.41, 5.74) is 7.94. The molecule has 1 aromatic carbocycles. The summed E-state index contributed by atoms with van der Waals surface area (Å²) in [5, 5.41) is 13.2. The Labute approximate surface area is 173 Å². The topological polar surface area (TPSA) is 78.4 Å². The summed E-state index contributed by atoms with van der Waals surface area (Å²) >= 11 is 0. The van der Waals surface area contributed by atoms with Crippen molar-refractivity contribution in [3.05, 3.63) is 48.8 Å². The predicted octanol–water partition coefficient (Wildman–Crippen LogP) is 4.50. The van der Waals surface area contributed by atoms with Crippen LogP contribution in [0, 0.1) is 0 Å². The van der Waals surface area contributed by atoms with Crippen LogP contribution in [-0.4, -0.2) is 43.0 Å². The molecule has 150 valence electrons. The molecular weight excluding hydrogens is 374 g/mol. The Morgan fingerprint density at radius 3 is 2.73 bits per heavy atom. The van der Waals surface area contributed by atoms with Crippen molar-refractivity contribution in [3.8, 4) is 22.6 Å². The van der Waals surface area contributed by atoms with Gasteiger partial charge in [0, 0.05) is 48.5 Å². The highest BCUT2D eigenvalue weighted by molar-refractivity contribution is 5.99. The summed E-state index contributed by atoms with van der Waals surface area (Å²) in [5.74, 6) is 0. The second kappa shape index (κ2) is 6.73. The second-order valence-corrected chi connectivity index (χ2v) is 8.04. The van der Waals surface area contributed by atoms with Gasteiger partial charge in [-0.15, -0.1) is 0 Å². The van der Waals surface area contributed by atoms with E-state index in [0.717, 1.165) is 52.3 Å². The van der Waals surface area contributed by atoms with Crippen LogP contribution in [0.25, 0.3) is 44.6 Å². The molecule has 0 unspecified atom stereocenters. The van der Waals surface area contributed by atoms with Crippen LogP contribution in [0.3, 0.4) is 0 Å². The van der Waals surface area contributed by atoms with Crippen molar-refractivity contribution in [1.82, 2.24) is 29.9 Å². The minimum Gasteiger partial charge on any atom is -0.371 e. The molecule has 1 fully saturated rings. The maximum absolute atomic E-state index is 4.90. The summed E-state index contributed by atoms with van der Waals surface area (Å²) in [6.07, 6.45) is 7.66. The van der Waals surface area contributed by atoms with Gasteiger partial charge in [-0.05, 0) is 49.6 Å². The number of aromatic amines is 2. The van der Waals surface area contributed by atoms with E-state index in [1.807, 2.05) is 31.6 Å². The lowest BCUT2D eigenvalue weighted by Gasteiger charge is -2.29. The van der Waals surface area contributed by atoms with Gasteiger partial charge in [0.05, 0.1) is 23.1 Å². The van der Waals surface area contributed by atoms with Gasteiger partial charge < -0.3 is 9.88 Å². The predicted molar refractivity (Wildman–Crippen MR) is 119 cm³/mol. The fraction of sp³-hybridized carbons (Fsp3) is 0.261. The van der Waals surface area contributed by atoms with Crippen LogP contribution in [0.4, 0.5) is 5.69 Å². The Bertz CT molecular complexity index is 1350. The highest BCUT2D eigenvalue weighted by Crippen LogP contribution is 2.34. The van der Waals surface area contributed by atoms with Crippen molar-refractivity contribution in [2.75, 3.05) is 18.0 Å². The Morgan fingerprint density at radius 2 is 1.90 bits per heavy atom. The first kappa shape index (κ1) is 17.3. The molecule has 1 saturated heterocycles. The van der Waals surface area contributed by atoms with Crippen LogP contribution in [0.15, 0.2) is 48.8 Å². The maximum atomic E-state index is 4.90. The highest BCUT2D eigenvalue weighted by Gasteiger charge is 2.18. The van der Waals surface area contributed by atoms with Crippen LogP contribution in [0.1, 0.15) is 19.3 Å². The van der Waals surface area contributed by atoms with Crippen molar-refractivity contribution in [1.29, 1.82) is 0 Å². The molecule has 30 heavy (non-hydrogen) atoms. The molecule has 0 aliphatic carbocycles. The van der Waals surface area contributed by atoms with Crippen molar-refractivity contribution in [3.63, 3.8) is 0 Å². The van der Waals surface area contributed by atoms with Gasteiger partial charge in [0.1, 0.15) is 11.2 Å². The SMILES string of the molecule is Cn1cc(-c2ccc3[nH]nc(-c4cc5c(N6CCCCC6)cccc5[nH]4)c3n2)cn1. The van der Waals surface area contributed by atoms with Gasteiger partial charge in [-0.3, -0.25) is 9.78 Å². The number of aromatic nitrogens is 6. The molecule has 2 N–H and O–H groups in total. The molecule has 0 radical (unpaired) electrons. The van der Waals surface area contributed by atoms with Gasteiger partial charge in [0.2, 0.25) is 0 Å². The number of rotatable bonds is 3. The number of aryl methyl sites for hydroxylation is 1. The third kappa shape index (κ3) is 2.77. The number of H-pyrrole nitrogens is 2. The van der Waals surface area contributed by atoms with Gasteiger partial charge in [-0.1, -0.05) is 6.07 Å². The molecule has 7 heteroatoms. The van der Waals surface area contributed by atoms with Crippen LogP contribution < -0.4 is 4.90 Å². The van der Waals surface area contributed by atoms with E-state index in [0.29, 0.717) is 0 Å². The van der Waals surface area contributed by atoms with Gasteiger partial charge in [-0.2, -0.15) is 10.2 Å². The van der Waals surface area contributed by atoms with Crippen molar-refractivity contribution in [2.45, 2.75) is 19.3 Å². The molecule has 0 bridgehead atoms. The summed E-state index contributed by atoms with van der Waals surface area (Å²) in [6.45, 7) is 2.25. The van der Waals surface area contributed by atoms with Crippen molar-refractivity contribution >= 4 is 27.6 Å². The number of hydrogen-bond donors (Lipinski definition) is 2. The fourth-order valence-corrected chi connectivity index (χ4v) is 4.48. The molecule has 5 aromatic rings. The zero-order valence-electron chi connectivity index (χ0n) is 16.9. The van der Waals surface area contributed by atoms with E-state index in [1.54, 1.807) is 4.68 Å². The molecule has 0 atom stereocenters. The smallest absolute Gasteiger partial charge is 0.135 e. The van der Waals surface area contributed by atoms with E-state index in [9.17, 15) is 0 Å². The van der Waals surface area contributed by atoms with Gasteiger partial charge in [0.25, 0.3) is 0 Å². The quantitative estimate of drug-likeness (QED) is 0.470. The second-order valence-electron chi connectivity index (χ2n) is 8.04. The molecule has 6 rings (SSSR count). The lowest BCUT2D eigenvalue weighted by molar-refractivity contribution is 0.579. The normalized spacial score (nSPS) is 14.8. The van der Waals surface area contributed by atoms with Crippen molar-refractivity contribution in [2.24, 2.45) is 7.05 Å². The first-order valence-electron chi connectivity index (χ1n) is 10.5. The average molecular weight is 397 g/mol. The zero-order chi connectivity index (χ0) is 20.1. The van der Waals surface area contributed by atoms with E-state index in [4.69, 9.17) is 4.98 Å². The van der Waals surface area contributed by atoms with Crippen LogP contribution in [0.5, 0.6) is 0 Å². The largest absolute Gasteiger partial charge is 0.371 e. The molecule has 0 saturated carbocycles. The summed E-state index contributed by atoms with van der Waals surface area (Å²) < 4.78 is 1.79. The number of anilines is 1. The molecule has 0 spiro atoms. The zero-order valence-corrected chi connectivity index (χ0v) is 16.9. The van der Waals surface area contributed by atoms with E-state index < -0.39 is 0 Å². The Kier molecular flexibility index (Phi) is 3.87.